The molecule has 0 saturated heterocycles. The Balaban J connectivity index is 1.81. The van der Waals surface area contributed by atoms with Crippen molar-refractivity contribution in [1.29, 1.82) is 0 Å². The first-order valence-electron chi connectivity index (χ1n) is 7.41. The minimum Gasteiger partial charge on any atom is -0.432 e. The molecule has 0 saturated carbocycles. The Morgan fingerprint density at radius 1 is 1.40 bits per heavy atom. The predicted octanol–water partition coefficient (Wildman–Crippen LogP) is 3.77. The van der Waals surface area contributed by atoms with Gasteiger partial charge >= 0.3 is 17.3 Å². The van der Waals surface area contributed by atoms with Gasteiger partial charge in [0, 0.05) is 22.9 Å². The van der Waals surface area contributed by atoms with Crippen molar-refractivity contribution in [1.82, 2.24) is 9.38 Å². The number of aromatic nitrogens is 2. The lowest BCUT2D eigenvalue weighted by Crippen LogP contribution is -2.00. The summed E-state index contributed by atoms with van der Waals surface area (Å²) in [6.07, 6.45) is 2.25. The van der Waals surface area contributed by atoms with Gasteiger partial charge in [-0.25, -0.2) is 4.79 Å². The van der Waals surface area contributed by atoms with E-state index in [0.717, 1.165) is 10.9 Å². The van der Waals surface area contributed by atoms with Crippen molar-refractivity contribution in [2.75, 3.05) is 0 Å². The van der Waals surface area contributed by atoms with Crippen LogP contribution in [0, 0.1) is 10.1 Å². The van der Waals surface area contributed by atoms with E-state index >= 15 is 0 Å². The minimum atomic E-state index is -0.543. The normalized spacial score (nSPS) is 11.2. The highest BCUT2D eigenvalue weighted by molar-refractivity contribution is 7.15. The fourth-order valence-electron chi connectivity index (χ4n) is 2.67. The second kappa shape index (κ2) is 5.71. The molecule has 1 aromatic carbocycles. The first-order chi connectivity index (χ1) is 12.1. The zero-order valence-electron chi connectivity index (χ0n) is 13.0. The van der Waals surface area contributed by atoms with Crippen molar-refractivity contribution < 1.29 is 14.1 Å². The van der Waals surface area contributed by atoms with Crippen LogP contribution < -0.4 is 10.4 Å². The standard InChI is InChI=1S/C16H11N3O5S/c1-2-9-7-13(20)24-12-8-10(3-4-11(9)12)23-14-15(19(21)22)18-5-6-25-16(18)17-14/h3-8H,2H2,1H3. The van der Waals surface area contributed by atoms with Crippen LogP contribution in [0.1, 0.15) is 12.5 Å². The summed E-state index contributed by atoms with van der Waals surface area (Å²) < 4.78 is 12.2. The van der Waals surface area contributed by atoms with Gasteiger partial charge in [-0.2, -0.15) is 9.38 Å². The van der Waals surface area contributed by atoms with E-state index in [4.69, 9.17) is 9.15 Å². The van der Waals surface area contributed by atoms with Crippen molar-refractivity contribution in [3.63, 3.8) is 0 Å². The van der Waals surface area contributed by atoms with E-state index in [9.17, 15) is 14.9 Å². The van der Waals surface area contributed by atoms with Gasteiger partial charge in [-0.05, 0) is 29.0 Å². The molecule has 0 radical (unpaired) electrons. The van der Waals surface area contributed by atoms with E-state index in [1.807, 2.05) is 6.92 Å². The Morgan fingerprint density at radius 3 is 3.00 bits per heavy atom. The lowest BCUT2D eigenvalue weighted by molar-refractivity contribution is -0.391. The van der Waals surface area contributed by atoms with Crippen molar-refractivity contribution in [2.45, 2.75) is 13.3 Å². The van der Waals surface area contributed by atoms with E-state index in [1.165, 1.54) is 27.9 Å². The van der Waals surface area contributed by atoms with E-state index in [-0.39, 0.29) is 11.7 Å². The third-order valence-corrected chi connectivity index (χ3v) is 4.53. The van der Waals surface area contributed by atoms with Gasteiger partial charge in [-0.1, -0.05) is 18.3 Å². The van der Waals surface area contributed by atoms with Crippen molar-refractivity contribution in [2.24, 2.45) is 0 Å². The Bertz CT molecular complexity index is 1170. The highest BCUT2D eigenvalue weighted by Crippen LogP contribution is 2.34. The monoisotopic (exact) mass is 357 g/mol. The van der Waals surface area contributed by atoms with Crippen LogP contribution >= 0.6 is 11.3 Å². The molecule has 9 heteroatoms. The lowest BCUT2D eigenvalue weighted by atomic mass is 10.1. The third kappa shape index (κ3) is 2.54. The highest BCUT2D eigenvalue weighted by Gasteiger charge is 2.25. The second-order valence-electron chi connectivity index (χ2n) is 5.26. The SMILES string of the molecule is CCc1cc(=O)oc2cc(Oc3nc4sccn4c3[N+](=O)[O-])ccc12. The molecule has 0 N–H and O–H groups in total. The first kappa shape index (κ1) is 15.3. The molecule has 126 valence electrons. The molecule has 0 unspecified atom stereocenters. The largest absolute Gasteiger partial charge is 0.432 e. The molecule has 25 heavy (non-hydrogen) atoms. The maximum Gasteiger partial charge on any atom is 0.393 e. The fraction of sp³-hybridized carbons (Fsp3) is 0.125. The van der Waals surface area contributed by atoms with Crippen LogP contribution in [-0.4, -0.2) is 14.3 Å². The van der Waals surface area contributed by atoms with Crippen LogP contribution in [0.3, 0.4) is 0 Å². The van der Waals surface area contributed by atoms with Crippen molar-refractivity contribution in [3.8, 4) is 11.6 Å². The minimum absolute atomic E-state index is 0.106. The lowest BCUT2D eigenvalue weighted by Gasteiger charge is -2.06. The highest BCUT2D eigenvalue weighted by atomic mass is 32.1. The zero-order valence-corrected chi connectivity index (χ0v) is 13.8. The molecule has 0 spiro atoms. The number of ether oxygens (including phenoxy) is 1. The molecule has 0 amide bonds. The van der Waals surface area contributed by atoms with E-state index < -0.39 is 10.5 Å². The quantitative estimate of drug-likeness (QED) is 0.313. The number of hydrogen-bond acceptors (Lipinski definition) is 7. The van der Waals surface area contributed by atoms with Gasteiger partial charge in [-0.15, -0.1) is 0 Å². The van der Waals surface area contributed by atoms with E-state index in [1.54, 1.807) is 23.7 Å². The number of thiazole rings is 1. The van der Waals surface area contributed by atoms with Crippen LogP contribution in [0.25, 0.3) is 15.9 Å². The summed E-state index contributed by atoms with van der Waals surface area (Å²) in [4.78, 5) is 27.0. The van der Waals surface area contributed by atoms with Gasteiger partial charge < -0.3 is 19.3 Å². The van der Waals surface area contributed by atoms with Crippen LogP contribution in [0.15, 0.2) is 45.1 Å². The number of hydrogen-bond donors (Lipinski definition) is 0. The molecule has 3 heterocycles. The maximum absolute atomic E-state index is 11.6. The summed E-state index contributed by atoms with van der Waals surface area (Å²) in [5.41, 5.74) is 0.784. The number of imidazole rings is 1. The van der Waals surface area contributed by atoms with Gasteiger partial charge in [0.2, 0.25) is 0 Å². The molecule has 0 atom stereocenters. The van der Waals surface area contributed by atoms with Gasteiger partial charge in [0.05, 0.1) is 0 Å². The van der Waals surface area contributed by atoms with Gasteiger partial charge in [-0.3, -0.25) is 0 Å². The summed E-state index contributed by atoms with van der Waals surface area (Å²) in [7, 11) is 0. The van der Waals surface area contributed by atoms with Crippen LogP contribution in [-0.2, 0) is 6.42 Å². The topological polar surface area (TPSA) is 99.9 Å². The van der Waals surface area contributed by atoms with Crippen molar-refractivity contribution in [3.05, 3.63) is 61.9 Å². The number of benzene rings is 1. The number of fused-ring (bicyclic) bond motifs is 2. The molecule has 0 aliphatic rings. The van der Waals surface area contributed by atoms with Crippen LogP contribution in [0.5, 0.6) is 11.6 Å². The Hall–Kier alpha value is -3.20. The molecule has 4 aromatic rings. The molecule has 0 aliphatic carbocycles. The average molecular weight is 357 g/mol. The number of aryl methyl sites for hydroxylation is 1. The summed E-state index contributed by atoms with van der Waals surface area (Å²) in [5.74, 6) is -0.0527. The molecular weight excluding hydrogens is 346 g/mol. The smallest absolute Gasteiger partial charge is 0.393 e. The Kier molecular flexibility index (Phi) is 3.50. The van der Waals surface area contributed by atoms with Crippen LogP contribution in [0.2, 0.25) is 0 Å². The second-order valence-corrected chi connectivity index (χ2v) is 6.13. The fourth-order valence-corrected chi connectivity index (χ4v) is 3.37. The Labute approximate surface area is 144 Å². The molecule has 3 aromatic heterocycles. The van der Waals surface area contributed by atoms with Gasteiger partial charge in [0.15, 0.2) is 0 Å². The number of nitro groups is 1. The number of nitrogens with zero attached hydrogens (tertiary/aromatic N) is 3. The van der Waals surface area contributed by atoms with Gasteiger partial charge in [0.1, 0.15) is 17.5 Å². The molecule has 4 rings (SSSR count). The molecule has 8 nitrogen and oxygen atoms in total. The first-order valence-corrected chi connectivity index (χ1v) is 8.29. The molecule has 0 bridgehead atoms. The maximum atomic E-state index is 11.6. The molecular formula is C16H11N3O5S. The summed E-state index contributed by atoms with van der Waals surface area (Å²) in [6, 6.07) is 6.42. The predicted molar refractivity (Wildman–Crippen MR) is 91.7 cm³/mol. The number of rotatable bonds is 4. The third-order valence-electron chi connectivity index (χ3n) is 3.78. The molecule has 0 fully saturated rings. The summed E-state index contributed by atoms with van der Waals surface area (Å²) in [6.45, 7) is 1.94. The van der Waals surface area contributed by atoms with Crippen LogP contribution in [0.4, 0.5) is 5.82 Å². The van der Waals surface area contributed by atoms with E-state index in [0.29, 0.717) is 22.7 Å². The Morgan fingerprint density at radius 2 is 2.24 bits per heavy atom. The zero-order chi connectivity index (χ0) is 17.6. The summed E-state index contributed by atoms with van der Waals surface area (Å²) >= 11 is 1.27. The average Bonchev–Trinajstić information content (AvgIpc) is 3.13. The molecule has 0 aliphatic heterocycles. The summed E-state index contributed by atoms with van der Waals surface area (Å²) in [5, 5.41) is 13.8. The van der Waals surface area contributed by atoms with Gasteiger partial charge in [0.25, 0.3) is 4.96 Å². The van der Waals surface area contributed by atoms with E-state index in [2.05, 4.69) is 4.98 Å². The van der Waals surface area contributed by atoms with Crippen molar-refractivity contribution >= 4 is 33.1 Å².